The normalized spacial score (nSPS) is 15.1. The van der Waals surface area contributed by atoms with Gasteiger partial charge in [0.1, 0.15) is 5.71 Å². The van der Waals surface area contributed by atoms with E-state index in [0.29, 0.717) is 34.2 Å². The number of rotatable bonds is 8. The number of H-pyrrole nitrogens is 1. The number of nitrogens with one attached hydrogen (secondary N) is 3. The van der Waals surface area contributed by atoms with Gasteiger partial charge in [-0.1, -0.05) is 18.7 Å². The zero-order valence-electron chi connectivity index (χ0n) is 21.5. The summed E-state index contributed by atoms with van der Waals surface area (Å²) >= 11 is 0. The number of piperidine rings is 1. The third-order valence-corrected chi connectivity index (χ3v) is 6.97. The molecule has 8 nitrogen and oxygen atoms in total. The third kappa shape index (κ3) is 5.60. The Kier molecular flexibility index (Phi) is 7.51. The Bertz CT molecular complexity index is 1520. The van der Waals surface area contributed by atoms with Gasteiger partial charge in [-0.25, -0.2) is 9.97 Å². The van der Waals surface area contributed by atoms with Gasteiger partial charge >= 0.3 is 0 Å². The van der Waals surface area contributed by atoms with E-state index in [1.54, 1.807) is 18.5 Å². The highest BCUT2D eigenvalue weighted by atomic mass is 15.0. The lowest BCUT2D eigenvalue weighted by atomic mass is 9.91. The fraction of sp³-hybridized carbons (Fsp3) is 0.233. The maximum absolute atomic E-state index is 8.68. The van der Waals surface area contributed by atoms with Crippen LogP contribution in [-0.2, 0) is 6.42 Å². The van der Waals surface area contributed by atoms with Gasteiger partial charge in [-0.15, -0.1) is 0 Å². The van der Waals surface area contributed by atoms with E-state index in [2.05, 4.69) is 42.9 Å². The van der Waals surface area contributed by atoms with E-state index in [-0.39, 0.29) is 5.71 Å². The van der Waals surface area contributed by atoms with Crippen LogP contribution in [0.4, 0.5) is 0 Å². The number of hydrogen-bond acceptors (Lipinski definition) is 7. The van der Waals surface area contributed by atoms with Crippen LogP contribution >= 0.6 is 0 Å². The summed E-state index contributed by atoms with van der Waals surface area (Å²) in [5.41, 5.74) is 13.5. The molecule has 0 atom stereocenters. The second kappa shape index (κ2) is 11.3. The number of imidazole rings is 1. The van der Waals surface area contributed by atoms with Crippen LogP contribution in [0, 0.1) is 11.3 Å². The number of aromatic amines is 1. The fourth-order valence-electron chi connectivity index (χ4n) is 4.70. The molecule has 1 fully saturated rings. The van der Waals surface area contributed by atoms with Crippen molar-refractivity contribution < 1.29 is 0 Å². The van der Waals surface area contributed by atoms with Gasteiger partial charge in [0, 0.05) is 41.6 Å². The SMILES string of the molecule is C=C(C(=N)c1nc2nccc(-c3ccccn3)c2[nH]1)/C(N)=C\C=C(/C)c1cncc(CC2CCNCC2)c1. The van der Waals surface area contributed by atoms with Gasteiger partial charge in [0.05, 0.1) is 11.2 Å². The molecular weight excluding hydrogens is 472 g/mol. The van der Waals surface area contributed by atoms with Crippen molar-refractivity contribution >= 4 is 22.4 Å². The molecule has 5 N–H and O–H groups in total. The highest BCUT2D eigenvalue weighted by Crippen LogP contribution is 2.25. The van der Waals surface area contributed by atoms with Crippen molar-refractivity contribution in [2.24, 2.45) is 11.7 Å². The topological polar surface area (TPSA) is 129 Å². The molecule has 0 amide bonds. The summed E-state index contributed by atoms with van der Waals surface area (Å²) in [6.45, 7) is 8.27. The van der Waals surface area contributed by atoms with E-state index in [1.807, 2.05) is 49.7 Å². The van der Waals surface area contributed by atoms with Gasteiger partial charge in [0.15, 0.2) is 11.5 Å². The Morgan fingerprint density at radius 2 is 1.97 bits per heavy atom. The predicted octanol–water partition coefficient (Wildman–Crippen LogP) is 4.83. The lowest BCUT2D eigenvalue weighted by molar-refractivity contribution is 0.372. The summed E-state index contributed by atoms with van der Waals surface area (Å²) in [6.07, 6.45) is 14.5. The van der Waals surface area contributed by atoms with E-state index in [0.717, 1.165) is 41.9 Å². The monoisotopic (exact) mass is 504 g/mol. The quantitative estimate of drug-likeness (QED) is 0.201. The van der Waals surface area contributed by atoms with E-state index in [1.165, 1.54) is 18.4 Å². The number of hydrogen-bond donors (Lipinski definition) is 4. The molecule has 1 aliphatic heterocycles. The number of fused-ring (bicyclic) bond motifs is 1. The first-order valence-electron chi connectivity index (χ1n) is 12.8. The van der Waals surface area contributed by atoms with Gasteiger partial charge < -0.3 is 16.0 Å². The molecule has 8 heteroatoms. The third-order valence-electron chi connectivity index (χ3n) is 6.97. The molecule has 0 saturated carbocycles. The molecular formula is C30H32N8. The molecule has 5 rings (SSSR count). The minimum absolute atomic E-state index is 0.111. The minimum Gasteiger partial charge on any atom is -0.398 e. The second-order valence-electron chi connectivity index (χ2n) is 9.66. The van der Waals surface area contributed by atoms with Gasteiger partial charge in [-0.3, -0.25) is 15.4 Å². The fourth-order valence-corrected chi connectivity index (χ4v) is 4.70. The molecule has 0 spiro atoms. The molecule has 0 radical (unpaired) electrons. The van der Waals surface area contributed by atoms with Gasteiger partial charge in [-0.05, 0) is 92.2 Å². The molecule has 4 aromatic heterocycles. The van der Waals surface area contributed by atoms with Crippen molar-refractivity contribution in [3.8, 4) is 11.3 Å². The zero-order valence-corrected chi connectivity index (χ0v) is 21.5. The summed E-state index contributed by atoms with van der Waals surface area (Å²) < 4.78 is 0. The number of pyridine rings is 3. The highest BCUT2D eigenvalue weighted by molar-refractivity contribution is 6.12. The van der Waals surface area contributed by atoms with Crippen LogP contribution in [0.5, 0.6) is 0 Å². The number of nitrogens with zero attached hydrogens (tertiary/aromatic N) is 4. The highest BCUT2D eigenvalue weighted by Gasteiger charge is 2.17. The van der Waals surface area contributed by atoms with Crippen LogP contribution in [0.1, 0.15) is 36.7 Å². The predicted molar refractivity (Wildman–Crippen MR) is 153 cm³/mol. The molecule has 0 unspecified atom stereocenters. The first kappa shape index (κ1) is 25.2. The van der Waals surface area contributed by atoms with Crippen LogP contribution in [0.2, 0.25) is 0 Å². The molecule has 4 aromatic rings. The second-order valence-corrected chi connectivity index (χ2v) is 9.66. The van der Waals surface area contributed by atoms with E-state index >= 15 is 0 Å². The van der Waals surface area contributed by atoms with Crippen LogP contribution in [0.25, 0.3) is 28.0 Å². The van der Waals surface area contributed by atoms with Crippen molar-refractivity contribution in [2.45, 2.75) is 26.2 Å². The Morgan fingerprint density at radius 1 is 1.13 bits per heavy atom. The first-order valence-corrected chi connectivity index (χ1v) is 12.8. The van der Waals surface area contributed by atoms with Crippen LogP contribution < -0.4 is 11.1 Å². The summed E-state index contributed by atoms with van der Waals surface area (Å²) in [7, 11) is 0. The molecule has 0 aromatic carbocycles. The zero-order chi connectivity index (χ0) is 26.5. The van der Waals surface area contributed by atoms with Gasteiger partial charge in [-0.2, -0.15) is 0 Å². The van der Waals surface area contributed by atoms with Crippen LogP contribution in [0.3, 0.4) is 0 Å². The maximum atomic E-state index is 8.68. The van der Waals surface area contributed by atoms with Crippen molar-refractivity contribution in [2.75, 3.05) is 13.1 Å². The molecule has 0 aliphatic carbocycles. The molecule has 38 heavy (non-hydrogen) atoms. The smallest absolute Gasteiger partial charge is 0.178 e. The Balaban J connectivity index is 1.31. The Labute approximate surface area is 222 Å². The largest absolute Gasteiger partial charge is 0.398 e. The Hall–Kier alpha value is -4.43. The maximum Gasteiger partial charge on any atom is 0.178 e. The number of nitrogens with two attached hydrogens (primary N) is 1. The average Bonchev–Trinajstić information content (AvgIpc) is 3.41. The lowest BCUT2D eigenvalue weighted by Gasteiger charge is -2.22. The van der Waals surface area contributed by atoms with E-state index in [4.69, 9.17) is 11.1 Å². The van der Waals surface area contributed by atoms with Gasteiger partial charge in [0.2, 0.25) is 0 Å². The molecule has 5 heterocycles. The number of aromatic nitrogens is 5. The van der Waals surface area contributed by atoms with Gasteiger partial charge in [0.25, 0.3) is 0 Å². The Morgan fingerprint density at radius 3 is 2.76 bits per heavy atom. The van der Waals surface area contributed by atoms with Crippen molar-refractivity contribution in [3.05, 3.63) is 102 Å². The molecule has 0 bridgehead atoms. The van der Waals surface area contributed by atoms with Crippen LogP contribution in [-0.4, -0.2) is 43.7 Å². The standard InChI is InChI=1S/C30H32N8/c1-19(23-16-22(17-34-18-23)15-21-8-12-33-13-9-21)6-7-25(31)20(2)27(32)29-37-28-24(10-14-36-30(28)38-29)26-5-3-4-11-35-26/h3-7,10-11,14,16-18,21,32-33H,2,8-9,12-13,15,31H2,1H3,(H,36,37,38)/b19-6+,25-7+,32-27?. The summed E-state index contributed by atoms with van der Waals surface area (Å²) in [5, 5.41) is 12.1. The minimum atomic E-state index is 0.111. The first-order chi connectivity index (χ1) is 18.5. The summed E-state index contributed by atoms with van der Waals surface area (Å²) in [4.78, 5) is 21.0. The lowest BCUT2D eigenvalue weighted by Crippen LogP contribution is -2.28. The number of allylic oxidation sites excluding steroid dienone is 4. The van der Waals surface area contributed by atoms with E-state index < -0.39 is 0 Å². The molecule has 1 aliphatic rings. The average molecular weight is 505 g/mol. The molecule has 192 valence electrons. The molecule has 1 saturated heterocycles. The summed E-state index contributed by atoms with van der Waals surface area (Å²) in [5.74, 6) is 1.06. The van der Waals surface area contributed by atoms with Crippen molar-refractivity contribution in [1.29, 1.82) is 5.41 Å². The van der Waals surface area contributed by atoms with Crippen LogP contribution in [0.15, 0.2) is 85.1 Å². The van der Waals surface area contributed by atoms with E-state index in [9.17, 15) is 0 Å². The van der Waals surface area contributed by atoms with Crippen molar-refractivity contribution in [1.82, 2.24) is 30.2 Å². The van der Waals surface area contributed by atoms with Crippen molar-refractivity contribution in [3.63, 3.8) is 0 Å². The summed E-state index contributed by atoms with van der Waals surface area (Å²) in [6, 6.07) is 9.81.